The van der Waals surface area contributed by atoms with Gasteiger partial charge in [0.25, 0.3) is 0 Å². The first-order chi connectivity index (χ1) is 6.29. The van der Waals surface area contributed by atoms with Crippen molar-refractivity contribution in [3.8, 4) is 0 Å². The minimum absolute atomic E-state index is 0.175. The van der Waals surface area contributed by atoms with E-state index in [1.54, 1.807) is 0 Å². The first kappa shape index (κ1) is 8.64. The molecule has 0 aromatic carbocycles. The maximum Gasteiger partial charge on any atom is 0.240 e. The molecule has 72 valence electrons. The Kier molecular flexibility index (Phi) is 2.28. The van der Waals surface area contributed by atoms with E-state index in [-0.39, 0.29) is 12.0 Å². The topological polar surface area (TPSA) is 94.8 Å². The zero-order valence-corrected chi connectivity index (χ0v) is 7.92. The molecule has 1 aliphatic heterocycles. The summed E-state index contributed by atoms with van der Waals surface area (Å²) in [5.74, 6) is 8.72. The SMILES string of the molecule is Nc1nnc(C2CSCCN2)n1N. The Morgan fingerprint density at radius 1 is 1.54 bits per heavy atom. The number of nitrogen functional groups attached to an aromatic ring is 2. The van der Waals surface area contributed by atoms with E-state index in [0.29, 0.717) is 5.82 Å². The highest BCUT2D eigenvalue weighted by atomic mass is 32.2. The highest BCUT2D eigenvalue weighted by Gasteiger charge is 2.21. The van der Waals surface area contributed by atoms with Crippen LogP contribution >= 0.6 is 11.8 Å². The number of thioether (sulfide) groups is 1. The van der Waals surface area contributed by atoms with Crippen molar-refractivity contribution in [2.24, 2.45) is 0 Å². The predicted molar refractivity (Wildman–Crippen MR) is 52.7 cm³/mol. The van der Waals surface area contributed by atoms with Crippen molar-refractivity contribution in [3.05, 3.63) is 5.82 Å². The fourth-order valence-corrected chi connectivity index (χ4v) is 2.22. The number of nitrogens with two attached hydrogens (primary N) is 2. The molecule has 5 N–H and O–H groups in total. The molecule has 0 amide bonds. The average molecular weight is 200 g/mol. The largest absolute Gasteiger partial charge is 0.366 e. The van der Waals surface area contributed by atoms with Gasteiger partial charge < -0.3 is 16.9 Å². The van der Waals surface area contributed by atoms with Crippen LogP contribution in [0.2, 0.25) is 0 Å². The molecule has 1 aliphatic rings. The lowest BCUT2D eigenvalue weighted by Crippen LogP contribution is -2.33. The molecule has 1 unspecified atom stereocenters. The third kappa shape index (κ3) is 1.56. The highest BCUT2D eigenvalue weighted by molar-refractivity contribution is 7.99. The Labute approximate surface area is 80.0 Å². The van der Waals surface area contributed by atoms with Gasteiger partial charge in [-0.15, -0.1) is 10.2 Å². The summed E-state index contributed by atoms with van der Waals surface area (Å²) < 4.78 is 1.34. The van der Waals surface area contributed by atoms with Gasteiger partial charge in [-0.25, -0.2) is 4.68 Å². The fourth-order valence-electron chi connectivity index (χ4n) is 1.29. The lowest BCUT2D eigenvalue weighted by atomic mass is 10.3. The molecule has 0 spiro atoms. The van der Waals surface area contributed by atoms with E-state index in [2.05, 4.69) is 15.5 Å². The molecular weight excluding hydrogens is 188 g/mol. The van der Waals surface area contributed by atoms with Crippen LogP contribution in [0, 0.1) is 0 Å². The number of hydrogen-bond donors (Lipinski definition) is 3. The summed E-state index contributed by atoms with van der Waals surface area (Å²) in [6.45, 7) is 0.974. The van der Waals surface area contributed by atoms with Crippen molar-refractivity contribution >= 4 is 17.7 Å². The Morgan fingerprint density at radius 3 is 2.92 bits per heavy atom. The van der Waals surface area contributed by atoms with Gasteiger partial charge >= 0.3 is 0 Å². The van der Waals surface area contributed by atoms with Gasteiger partial charge in [0.05, 0.1) is 6.04 Å². The Morgan fingerprint density at radius 2 is 2.38 bits per heavy atom. The summed E-state index contributed by atoms with van der Waals surface area (Å²) in [4.78, 5) is 0. The van der Waals surface area contributed by atoms with Gasteiger partial charge in [0, 0.05) is 18.1 Å². The monoisotopic (exact) mass is 200 g/mol. The van der Waals surface area contributed by atoms with E-state index in [4.69, 9.17) is 11.6 Å². The number of hydrogen-bond acceptors (Lipinski definition) is 6. The van der Waals surface area contributed by atoms with Crippen LogP contribution in [0.4, 0.5) is 5.95 Å². The van der Waals surface area contributed by atoms with Crippen LogP contribution in [-0.4, -0.2) is 32.9 Å². The summed E-state index contributed by atoms with van der Waals surface area (Å²) in [6.07, 6.45) is 0. The number of anilines is 1. The number of nitrogens with zero attached hydrogens (tertiary/aromatic N) is 3. The summed E-state index contributed by atoms with van der Waals surface area (Å²) in [5, 5.41) is 10.9. The maximum absolute atomic E-state index is 5.65. The Balaban J connectivity index is 2.18. The third-order valence-corrected chi connectivity index (χ3v) is 3.04. The van der Waals surface area contributed by atoms with E-state index in [1.165, 1.54) is 4.68 Å². The minimum Gasteiger partial charge on any atom is -0.366 e. The molecule has 0 aliphatic carbocycles. The Bertz CT molecular complexity index is 291. The van der Waals surface area contributed by atoms with Gasteiger partial charge in [-0.2, -0.15) is 11.8 Å². The van der Waals surface area contributed by atoms with Crippen molar-refractivity contribution in [1.29, 1.82) is 0 Å². The molecular formula is C6H12N6S. The second-order valence-corrected chi connectivity index (χ2v) is 4.02. The summed E-state index contributed by atoms with van der Waals surface area (Å²) >= 11 is 1.88. The van der Waals surface area contributed by atoms with Crippen molar-refractivity contribution in [2.45, 2.75) is 6.04 Å². The molecule has 0 saturated carbocycles. The molecule has 1 atom stereocenters. The quantitative estimate of drug-likeness (QED) is 0.501. The molecule has 7 heteroatoms. The number of rotatable bonds is 1. The zero-order chi connectivity index (χ0) is 9.26. The van der Waals surface area contributed by atoms with Crippen molar-refractivity contribution < 1.29 is 0 Å². The van der Waals surface area contributed by atoms with Crippen LogP contribution < -0.4 is 16.9 Å². The van der Waals surface area contributed by atoms with E-state index >= 15 is 0 Å². The molecule has 2 heterocycles. The zero-order valence-electron chi connectivity index (χ0n) is 7.10. The molecule has 1 aromatic rings. The second kappa shape index (κ2) is 3.43. The molecule has 1 fully saturated rings. The van der Waals surface area contributed by atoms with E-state index in [9.17, 15) is 0 Å². The normalized spacial score (nSPS) is 23.2. The van der Waals surface area contributed by atoms with Gasteiger partial charge in [-0.05, 0) is 0 Å². The summed E-state index contributed by atoms with van der Waals surface area (Å²) in [7, 11) is 0. The summed E-state index contributed by atoms with van der Waals surface area (Å²) in [6, 6.07) is 0.175. The molecule has 2 rings (SSSR count). The van der Waals surface area contributed by atoms with Crippen LogP contribution in [0.5, 0.6) is 0 Å². The molecule has 1 aromatic heterocycles. The van der Waals surface area contributed by atoms with Crippen LogP contribution in [-0.2, 0) is 0 Å². The lowest BCUT2D eigenvalue weighted by molar-refractivity contribution is 0.551. The van der Waals surface area contributed by atoms with Crippen molar-refractivity contribution in [1.82, 2.24) is 20.2 Å². The minimum atomic E-state index is 0.175. The molecule has 1 saturated heterocycles. The van der Waals surface area contributed by atoms with Gasteiger partial charge in [-0.3, -0.25) is 0 Å². The van der Waals surface area contributed by atoms with Crippen LogP contribution in [0.25, 0.3) is 0 Å². The van der Waals surface area contributed by atoms with Crippen molar-refractivity contribution in [3.63, 3.8) is 0 Å². The van der Waals surface area contributed by atoms with Gasteiger partial charge in [-0.1, -0.05) is 0 Å². The van der Waals surface area contributed by atoms with Crippen LogP contribution in [0.3, 0.4) is 0 Å². The second-order valence-electron chi connectivity index (χ2n) is 2.87. The standard InChI is InChI=1S/C6H12N6S/c7-6-11-10-5(12(6)8)4-3-13-2-1-9-4/h4,9H,1-3,8H2,(H2,7,11). The first-order valence-electron chi connectivity index (χ1n) is 4.06. The molecule has 13 heavy (non-hydrogen) atoms. The molecule has 0 radical (unpaired) electrons. The van der Waals surface area contributed by atoms with Gasteiger partial charge in [0.1, 0.15) is 0 Å². The third-order valence-electron chi connectivity index (χ3n) is 1.98. The number of nitrogens with one attached hydrogen (secondary N) is 1. The van der Waals surface area contributed by atoms with E-state index < -0.39 is 0 Å². The fraction of sp³-hybridized carbons (Fsp3) is 0.667. The van der Waals surface area contributed by atoms with Crippen molar-refractivity contribution in [2.75, 3.05) is 29.6 Å². The van der Waals surface area contributed by atoms with Crippen LogP contribution in [0.15, 0.2) is 0 Å². The summed E-state index contributed by atoms with van der Waals surface area (Å²) in [5.41, 5.74) is 5.48. The van der Waals surface area contributed by atoms with E-state index in [0.717, 1.165) is 18.1 Å². The number of aromatic nitrogens is 3. The van der Waals surface area contributed by atoms with Gasteiger partial charge in [0.2, 0.25) is 5.95 Å². The average Bonchev–Trinajstić information content (AvgIpc) is 2.49. The van der Waals surface area contributed by atoms with Gasteiger partial charge in [0.15, 0.2) is 5.82 Å². The van der Waals surface area contributed by atoms with Crippen LogP contribution in [0.1, 0.15) is 11.9 Å². The Hall–Kier alpha value is -0.950. The first-order valence-corrected chi connectivity index (χ1v) is 5.21. The highest BCUT2D eigenvalue weighted by Crippen LogP contribution is 2.19. The van der Waals surface area contributed by atoms with E-state index in [1.807, 2.05) is 11.8 Å². The molecule has 6 nitrogen and oxygen atoms in total. The maximum atomic E-state index is 5.65. The lowest BCUT2D eigenvalue weighted by Gasteiger charge is -2.21. The predicted octanol–water partition coefficient (Wildman–Crippen LogP) is -1.05. The smallest absolute Gasteiger partial charge is 0.240 e. The molecule has 0 bridgehead atoms.